The number of rotatable bonds is 6. The number of aromatic carboxylic acids is 1. The number of carbonyl (C=O) groups excluding carboxylic acids is 2. The Morgan fingerprint density at radius 1 is 1.05 bits per heavy atom. The first kappa shape index (κ1) is 30.2. The third kappa shape index (κ3) is 5.60. The second kappa shape index (κ2) is 12.0. The first-order valence-electron chi connectivity index (χ1n) is 14.7. The van der Waals surface area contributed by atoms with Crippen LogP contribution in [-0.4, -0.2) is 62.9 Å². The summed E-state index contributed by atoms with van der Waals surface area (Å²) in [6.07, 6.45) is 8.21. The third-order valence-corrected chi connectivity index (χ3v) is 8.75. The number of aromatic nitrogens is 2. The van der Waals surface area contributed by atoms with Crippen molar-refractivity contribution in [2.24, 2.45) is 0 Å². The normalized spacial score (nSPS) is 17.0. The molecule has 44 heavy (non-hydrogen) atoms. The maximum atomic E-state index is 13.8. The summed E-state index contributed by atoms with van der Waals surface area (Å²) in [5.41, 5.74) is 2.82. The van der Waals surface area contributed by atoms with Gasteiger partial charge in [-0.25, -0.2) is 4.79 Å². The summed E-state index contributed by atoms with van der Waals surface area (Å²) in [7, 11) is 0. The molecule has 220 valence electrons. The second-order valence-corrected chi connectivity index (χ2v) is 11.6. The third-order valence-electron chi connectivity index (χ3n) is 8.75. The van der Waals surface area contributed by atoms with E-state index in [0.29, 0.717) is 72.2 Å². The van der Waals surface area contributed by atoms with E-state index >= 15 is 0 Å². The van der Waals surface area contributed by atoms with Crippen molar-refractivity contribution >= 4 is 28.4 Å². The molecule has 2 aliphatic heterocycles. The number of benzene rings is 2. The largest absolute Gasteiger partial charge is 1.00 e. The van der Waals surface area contributed by atoms with Crippen molar-refractivity contribution in [3.05, 3.63) is 83.4 Å². The number of nitrogens with zero attached hydrogens (tertiary/aromatic N) is 3. The van der Waals surface area contributed by atoms with Crippen LogP contribution in [0.25, 0.3) is 21.9 Å². The Morgan fingerprint density at radius 3 is 2.57 bits per heavy atom. The number of piperidine rings is 1. The van der Waals surface area contributed by atoms with Gasteiger partial charge in [-0.1, -0.05) is 6.07 Å². The molecule has 1 spiro atoms. The summed E-state index contributed by atoms with van der Waals surface area (Å²) in [4.78, 5) is 49.0. The molecule has 1 saturated heterocycles. The van der Waals surface area contributed by atoms with E-state index in [1.807, 2.05) is 42.3 Å². The molecule has 0 radical (unpaired) electrons. The minimum absolute atomic E-state index is 0. The van der Waals surface area contributed by atoms with Crippen LogP contribution in [0.2, 0.25) is 0 Å². The number of ether oxygens (including phenoxy) is 2. The Bertz CT molecular complexity index is 1800. The summed E-state index contributed by atoms with van der Waals surface area (Å²) >= 11 is 0. The average Bonchev–Trinajstić information content (AvgIpc) is 3.86. The van der Waals surface area contributed by atoms with Gasteiger partial charge >= 0.3 is 35.5 Å². The molecular formula is C34H32N3NaO6. The number of ketones is 1. The van der Waals surface area contributed by atoms with Gasteiger partial charge in [0.25, 0.3) is 5.91 Å². The van der Waals surface area contributed by atoms with Crippen molar-refractivity contribution in [1.29, 1.82) is 0 Å². The van der Waals surface area contributed by atoms with Gasteiger partial charge in [-0.2, -0.15) is 0 Å². The first-order chi connectivity index (χ1) is 20.8. The Balaban J connectivity index is 0.00000200. The Kier molecular flexibility index (Phi) is 8.22. The van der Waals surface area contributed by atoms with E-state index < -0.39 is 11.6 Å². The van der Waals surface area contributed by atoms with Crippen LogP contribution in [0.15, 0.2) is 61.1 Å². The molecule has 0 atom stereocenters. The summed E-state index contributed by atoms with van der Waals surface area (Å²) in [5.74, 6) is 0.495. The van der Waals surface area contributed by atoms with Crippen LogP contribution in [0.5, 0.6) is 11.5 Å². The number of carboxylic acid groups (broad SMARTS) is 1. The van der Waals surface area contributed by atoms with Crippen LogP contribution in [0, 0.1) is 0 Å². The van der Waals surface area contributed by atoms with Gasteiger partial charge in [-0.15, -0.1) is 0 Å². The number of Topliss-reactive ketones (excluding diaryl/α,β-unsaturated/α-hetero) is 1. The zero-order valence-electron chi connectivity index (χ0n) is 25.8. The van der Waals surface area contributed by atoms with Crippen LogP contribution in [0.4, 0.5) is 0 Å². The SMILES string of the molecule is CCOc1cc(C(=O)N2CCC3(CC2)CC(=O)c2cc(-c4cncc(C(=O)O)c4)ccc2O3)cc2c(C3CC3)nccc12.[H-].[Na+]. The summed E-state index contributed by atoms with van der Waals surface area (Å²) < 4.78 is 12.4. The monoisotopic (exact) mass is 601 g/mol. The number of hydrogen-bond donors (Lipinski definition) is 1. The van der Waals surface area contributed by atoms with Crippen LogP contribution in [0.3, 0.4) is 0 Å². The van der Waals surface area contributed by atoms with Crippen molar-refractivity contribution in [2.75, 3.05) is 19.7 Å². The second-order valence-electron chi connectivity index (χ2n) is 11.6. The number of carboxylic acids is 1. The molecule has 2 aromatic heterocycles. The molecule has 2 fully saturated rings. The fourth-order valence-corrected chi connectivity index (χ4v) is 6.32. The minimum atomic E-state index is -1.06. The smallest absolute Gasteiger partial charge is 1.00 e. The molecule has 2 aromatic carbocycles. The zero-order chi connectivity index (χ0) is 29.7. The topological polar surface area (TPSA) is 119 Å². The molecule has 1 amide bonds. The number of carbonyl (C=O) groups is 3. The van der Waals surface area contributed by atoms with Crippen LogP contribution < -0.4 is 39.0 Å². The van der Waals surface area contributed by atoms with Crippen LogP contribution in [0.1, 0.15) is 83.1 Å². The van der Waals surface area contributed by atoms with Gasteiger partial charge in [-0.05, 0) is 61.7 Å². The summed E-state index contributed by atoms with van der Waals surface area (Å²) in [5, 5.41) is 11.3. The predicted octanol–water partition coefficient (Wildman–Crippen LogP) is 3.03. The molecule has 0 bridgehead atoms. The maximum absolute atomic E-state index is 13.8. The average molecular weight is 602 g/mol. The van der Waals surface area contributed by atoms with Crippen LogP contribution >= 0.6 is 0 Å². The zero-order valence-corrected chi connectivity index (χ0v) is 26.8. The number of likely N-dealkylation sites (tertiary alicyclic amines) is 1. The molecule has 0 unspecified atom stereocenters. The standard InChI is InChI=1S/C34H31N3O6.Na.H/c1-2-42-30-16-22(15-26-25(30)7-10-36-31(26)20-3-4-20)32(39)37-11-8-34(9-12-37)17-28(38)27-14-21(5-6-29(27)43-34)23-13-24(33(40)41)19-35-18-23;;/h5-7,10,13-16,18-20H,2-4,8-9,11-12,17H2,1H3,(H,40,41);;/q;+1;-1. The van der Waals surface area contributed by atoms with E-state index in [9.17, 15) is 19.5 Å². The fourth-order valence-electron chi connectivity index (χ4n) is 6.32. The van der Waals surface area contributed by atoms with Gasteiger partial charge in [0.15, 0.2) is 5.78 Å². The van der Waals surface area contributed by atoms with Gasteiger partial charge in [0.05, 0.1) is 29.8 Å². The van der Waals surface area contributed by atoms with Gasteiger partial charge in [-0.3, -0.25) is 19.6 Å². The van der Waals surface area contributed by atoms with Crippen LogP contribution in [-0.2, 0) is 0 Å². The molecule has 1 N–H and O–H groups in total. The molecule has 1 aliphatic carbocycles. The van der Waals surface area contributed by atoms with E-state index in [1.54, 1.807) is 18.3 Å². The number of amides is 1. The van der Waals surface area contributed by atoms with E-state index in [-0.39, 0.29) is 54.7 Å². The van der Waals surface area contributed by atoms with Gasteiger partial charge in [0.1, 0.15) is 17.1 Å². The minimum Gasteiger partial charge on any atom is -1.00 e. The van der Waals surface area contributed by atoms with Crippen molar-refractivity contribution in [3.8, 4) is 22.6 Å². The van der Waals surface area contributed by atoms with Gasteiger partial charge in [0, 0.05) is 72.3 Å². The maximum Gasteiger partial charge on any atom is 1.00 e. The van der Waals surface area contributed by atoms with Crippen molar-refractivity contribution in [3.63, 3.8) is 0 Å². The van der Waals surface area contributed by atoms with E-state index in [4.69, 9.17) is 9.47 Å². The Morgan fingerprint density at radius 2 is 1.84 bits per heavy atom. The molecule has 1 saturated carbocycles. The molecule has 3 aliphatic rings. The van der Waals surface area contributed by atoms with E-state index in [2.05, 4.69) is 9.97 Å². The molecule has 9 nitrogen and oxygen atoms in total. The Hall–Kier alpha value is -3.79. The molecular weight excluding hydrogens is 569 g/mol. The molecule has 4 heterocycles. The van der Waals surface area contributed by atoms with E-state index in [1.165, 1.54) is 12.3 Å². The van der Waals surface area contributed by atoms with Gasteiger partial charge in [0.2, 0.25) is 0 Å². The van der Waals surface area contributed by atoms with E-state index in [0.717, 1.165) is 29.3 Å². The number of fused-ring (bicyclic) bond motifs is 2. The molecule has 4 aromatic rings. The van der Waals surface area contributed by atoms with Gasteiger partial charge < -0.3 is 20.9 Å². The predicted molar refractivity (Wildman–Crippen MR) is 160 cm³/mol. The quantitative estimate of drug-likeness (QED) is 0.335. The van der Waals surface area contributed by atoms with Crippen molar-refractivity contribution in [1.82, 2.24) is 14.9 Å². The number of pyridine rings is 2. The number of hydrogen-bond acceptors (Lipinski definition) is 7. The summed E-state index contributed by atoms with van der Waals surface area (Å²) in [6, 6.07) is 12.6. The summed E-state index contributed by atoms with van der Waals surface area (Å²) in [6.45, 7) is 3.38. The Labute approximate surface area is 278 Å². The van der Waals surface area contributed by atoms with Crippen molar-refractivity contribution < 1.29 is 59.9 Å². The molecule has 10 heteroatoms. The first-order valence-corrected chi connectivity index (χ1v) is 14.7. The fraction of sp³-hybridized carbons (Fsp3) is 0.324. The van der Waals surface area contributed by atoms with Crippen molar-refractivity contribution in [2.45, 2.75) is 50.5 Å². The molecule has 7 rings (SSSR count).